The minimum Gasteiger partial charge on any atom is -0.467 e. The molecule has 7 nitrogen and oxygen atoms in total. The molecular formula is C20H24N2O5. The van der Waals surface area contributed by atoms with Crippen molar-refractivity contribution in [1.29, 1.82) is 0 Å². The maximum atomic E-state index is 12.8. The number of benzene rings is 1. The number of hydrogen-bond acceptors (Lipinski definition) is 5. The standard InChI is InChI=1S/C20H24N2O5/c1-27-19(24)17(20-9-12-6-13(10-20)8-14(7-12)11-20)21-18(23)15-2-4-16(5-3-15)22(25)26/h2-5,12-14,17H,6-11H2,1H3,(H,21,23). The number of nitro benzene ring substituents is 1. The molecule has 0 spiro atoms. The summed E-state index contributed by atoms with van der Waals surface area (Å²) in [7, 11) is 1.36. The number of carbonyl (C=O) groups is 2. The van der Waals surface area contributed by atoms with Crippen LogP contribution in [-0.2, 0) is 9.53 Å². The molecule has 27 heavy (non-hydrogen) atoms. The molecule has 7 heteroatoms. The molecule has 5 rings (SSSR count). The Labute approximate surface area is 157 Å². The Balaban J connectivity index is 1.57. The number of hydrogen-bond donors (Lipinski definition) is 1. The highest BCUT2D eigenvalue weighted by Gasteiger charge is 2.56. The van der Waals surface area contributed by atoms with Crippen LogP contribution in [0.2, 0.25) is 0 Å². The molecule has 4 bridgehead atoms. The third-order valence-electron chi connectivity index (χ3n) is 6.75. The first-order valence-corrected chi connectivity index (χ1v) is 9.53. The number of non-ortho nitro benzene ring substituents is 1. The lowest BCUT2D eigenvalue weighted by atomic mass is 9.47. The minimum absolute atomic E-state index is 0.0721. The number of ether oxygens (including phenoxy) is 1. The highest BCUT2D eigenvalue weighted by molar-refractivity contribution is 5.97. The molecule has 144 valence electrons. The normalized spacial score (nSPS) is 32.0. The van der Waals surface area contributed by atoms with Crippen LogP contribution in [0.1, 0.15) is 48.9 Å². The predicted molar refractivity (Wildman–Crippen MR) is 97.0 cm³/mol. The monoisotopic (exact) mass is 372 g/mol. The molecule has 1 aromatic rings. The zero-order valence-electron chi connectivity index (χ0n) is 15.3. The number of nitro groups is 1. The highest BCUT2D eigenvalue weighted by atomic mass is 16.6. The lowest BCUT2D eigenvalue weighted by Gasteiger charge is -2.58. The number of methoxy groups -OCH3 is 1. The van der Waals surface area contributed by atoms with E-state index in [2.05, 4.69) is 5.32 Å². The summed E-state index contributed by atoms with van der Waals surface area (Å²) in [5, 5.41) is 13.7. The summed E-state index contributed by atoms with van der Waals surface area (Å²) >= 11 is 0. The van der Waals surface area contributed by atoms with Gasteiger partial charge in [0.05, 0.1) is 12.0 Å². The summed E-state index contributed by atoms with van der Waals surface area (Å²) in [5.41, 5.74) is 0.00883. The lowest BCUT2D eigenvalue weighted by Crippen LogP contribution is -2.60. The van der Waals surface area contributed by atoms with Gasteiger partial charge in [0.2, 0.25) is 0 Å². The number of rotatable bonds is 5. The number of nitrogens with zero attached hydrogens (tertiary/aromatic N) is 1. The van der Waals surface area contributed by atoms with Gasteiger partial charge in [-0.2, -0.15) is 0 Å². The van der Waals surface area contributed by atoms with Gasteiger partial charge >= 0.3 is 5.97 Å². The molecule has 0 heterocycles. The minimum atomic E-state index is -0.668. The first kappa shape index (κ1) is 17.9. The van der Waals surface area contributed by atoms with Gasteiger partial charge in [0, 0.05) is 23.1 Å². The van der Waals surface area contributed by atoms with Crippen LogP contribution in [0.15, 0.2) is 24.3 Å². The molecule has 1 atom stereocenters. The van der Waals surface area contributed by atoms with Crippen molar-refractivity contribution in [2.45, 2.75) is 44.6 Å². The van der Waals surface area contributed by atoms with Crippen LogP contribution < -0.4 is 5.32 Å². The second-order valence-corrected chi connectivity index (χ2v) is 8.51. The fourth-order valence-electron chi connectivity index (χ4n) is 6.06. The maximum Gasteiger partial charge on any atom is 0.328 e. The smallest absolute Gasteiger partial charge is 0.328 e. The van der Waals surface area contributed by atoms with Crippen molar-refractivity contribution >= 4 is 17.6 Å². The van der Waals surface area contributed by atoms with Crippen molar-refractivity contribution in [1.82, 2.24) is 5.32 Å². The van der Waals surface area contributed by atoms with E-state index >= 15 is 0 Å². The van der Waals surface area contributed by atoms with Gasteiger partial charge in [-0.25, -0.2) is 4.79 Å². The Bertz CT molecular complexity index is 738. The van der Waals surface area contributed by atoms with Crippen LogP contribution >= 0.6 is 0 Å². The lowest BCUT2D eigenvalue weighted by molar-refractivity contribution is -0.384. The van der Waals surface area contributed by atoms with Crippen LogP contribution in [-0.4, -0.2) is 30.0 Å². The van der Waals surface area contributed by atoms with Crippen molar-refractivity contribution in [2.24, 2.45) is 23.2 Å². The van der Waals surface area contributed by atoms with Crippen molar-refractivity contribution in [3.63, 3.8) is 0 Å². The van der Waals surface area contributed by atoms with Gasteiger partial charge in [0.25, 0.3) is 11.6 Å². The summed E-state index contributed by atoms with van der Waals surface area (Å²) in [4.78, 5) is 35.7. The summed E-state index contributed by atoms with van der Waals surface area (Å²) in [5.74, 6) is 1.13. The van der Waals surface area contributed by atoms with Crippen molar-refractivity contribution in [3.8, 4) is 0 Å². The largest absolute Gasteiger partial charge is 0.467 e. The number of carbonyl (C=O) groups excluding carboxylic acids is 2. The second-order valence-electron chi connectivity index (χ2n) is 8.51. The molecule has 4 aliphatic rings. The SMILES string of the molecule is COC(=O)C(NC(=O)c1ccc([N+](=O)[O-])cc1)C12CC3CC(CC(C3)C1)C2. The fraction of sp³-hybridized carbons (Fsp3) is 0.600. The van der Waals surface area contributed by atoms with Gasteiger partial charge in [-0.15, -0.1) is 0 Å². The molecule has 1 unspecified atom stereocenters. The van der Waals surface area contributed by atoms with E-state index in [0.717, 1.165) is 19.3 Å². The summed E-state index contributed by atoms with van der Waals surface area (Å²) in [6.45, 7) is 0. The Hall–Kier alpha value is -2.44. The molecule has 0 radical (unpaired) electrons. The first-order valence-electron chi connectivity index (χ1n) is 9.53. The molecule has 4 aliphatic carbocycles. The Kier molecular flexibility index (Phi) is 4.40. The average Bonchev–Trinajstić information content (AvgIpc) is 2.64. The van der Waals surface area contributed by atoms with E-state index in [1.165, 1.54) is 50.6 Å². The van der Waals surface area contributed by atoms with E-state index in [1.54, 1.807) is 0 Å². The van der Waals surface area contributed by atoms with E-state index < -0.39 is 22.8 Å². The topological polar surface area (TPSA) is 98.5 Å². The average molecular weight is 372 g/mol. The van der Waals surface area contributed by atoms with Crippen LogP contribution in [0.4, 0.5) is 5.69 Å². The fourth-order valence-corrected chi connectivity index (χ4v) is 6.06. The molecule has 1 N–H and O–H groups in total. The van der Waals surface area contributed by atoms with Gasteiger partial charge in [0.1, 0.15) is 6.04 Å². The van der Waals surface area contributed by atoms with Crippen LogP contribution in [0.25, 0.3) is 0 Å². The molecule has 0 saturated heterocycles. The van der Waals surface area contributed by atoms with Crippen LogP contribution in [0.3, 0.4) is 0 Å². The molecule has 1 amide bonds. The molecule has 0 aliphatic heterocycles. The van der Waals surface area contributed by atoms with Gasteiger partial charge in [-0.1, -0.05) is 0 Å². The van der Waals surface area contributed by atoms with E-state index in [9.17, 15) is 19.7 Å². The summed E-state index contributed by atoms with van der Waals surface area (Å²) in [6, 6.07) is 4.77. The first-order chi connectivity index (χ1) is 12.9. The van der Waals surface area contributed by atoms with Crippen molar-refractivity contribution < 1.29 is 19.2 Å². The second kappa shape index (κ2) is 6.62. The van der Waals surface area contributed by atoms with Crippen LogP contribution in [0.5, 0.6) is 0 Å². The summed E-state index contributed by atoms with van der Waals surface area (Å²) in [6.07, 6.45) is 6.59. The third kappa shape index (κ3) is 3.19. The summed E-state index contributed by atoms with van der Waals surface area (Å²) < 4.78 is 5.05. The van der Waals surface area contributed by atoms with Crippen LogP contribution in [0, 0.1) is 33.3 Å². The quantitative estimate of drug-likeness (QED) is 0.486. The molecule has 4 fully saturated rings. The van der Waals surface area contributed by atoms with E-state index in [1.807, 2.05) is 0 Å². The van der Waals surface area contributed by atoms with Gasteiger partial charge in [-0.3, -0.25) is 14.9 Å². The van der Waals surface area contributed by atoms with Crippen molar-refractivity contribution in [3.05, 3.63) is 39.9 Å². The number of nitrogens with one attached hydrogen (secondary N) is 1. The molecular weight excluding hydrogens is 348 g/mol. The van der Waals surface area contributed by atoms with Crippen molar-refractivity contribution in [2.75, 3.05) is 7.11 Å². The van der Waals surface area contributed by atoms with Gasteiger partial charge in [0.15, 0.2) is 0 Å². The Morgan fingerprint density at radius 2 is 1.63 bits per heavy atom. The predicted octanol–water partition coefficient (Wildman–Crippen LogP) is 3.08. The van der Waals surface area contributed by atoms with E-state index in [-0.39, 0.29) is 11.1 Å². The van der Waals surface area contributed by atoms with E-state index in [4.69, 9.17) is 4.74 Å². The third-order valence-corrected chi connectivity index (χ3v) is 6.75. The molecule has 0 aromatic heterocycles. The molecule has 4 saturated carbocycles. The highest BCUT2D eigenvalue weighted by Crippen LogP contribution is 2.61. The Morgan fingerprint density at radius 1 is 1.11 bits per heavy atom. The number of amides is 1. The van der Waals surface area contributed by atoms with E-state index in [0.29, 0.717) is 23.3 Å². The number of esters is 1. The molecule has 1 aromatic carbocycles. The zero-order valence-corrected chi connectivity index (χ0v) is 15.3. The van der Waals surface area contributed by atoms with Gasteiger partial charge in [-0.05, 0) is 68.4 Å². The van der Waals surface area contributed by atoms with Gasteiger partial charge < -0.3 is 10.1 Å². The Morgan fingerprint density at radius 3 is 2.07 bits per heavy atom. The maximum absolute atomic E-state index is 12.8. The zero-order chi connectivity index (χ0) is 19.2.